The van der Waals surface area contributed by atoms with Crippen LogP contribution in [0.3, 0.4) is 0 Å². The summed E-state index contributed by atoms with van der Waals surface area (Å²) in [5, 5.41) is 19.2. The summed E-state index contributed by atoms with van der Waals surface area (Å²) in [6.07, 6.45) is 1.39. The van der Waals surface area contributed by atoms with E-state index in [9.17, 15) is 14.7 Å². The lowest BCUT2D eigenvalue weighted by Crippen LogP contribution is -2.27. The van der Waals surface area contributed by atoms with Crippen molar-refractivity contribution in [3.8, 4) is 17.6 Å². The molecule has 2 amide bonds. The van der Waals surface area contributed by atoms with Gasteiger partial charge in [-0.05, 0) is 35.5 Å². The van der Waals surface area contributed by atoms with Crippen molar-refractivity contribution in [1.82, 2.24) is 4.90 Å². The number of imide groups is 1. The van der Waals surface area contributed by atoms with Crippen molar-refractivity contribution < 1.29 is 19.4 Å². The molecule has 27 heavy (non-hydrogen) atoms. The highest BCUT2D eigenvalue weighted by Gasteiger charge is 2.35. The molecule has 136 valence electrons. The molecule has 6 nitrogen and oxygen atoms in total. The lowest BCUT2D eigenvalue weighted by atomic mass is 10.1. The van der Waals surface area contributed by atoms with Crippen molar-refractivity contribution in [3.05, 3.63) is 63.0 Å². The molecule has 0 saturated carbocycles. The van der Waals surface area contributed by atoms with Gasteiger partial charge in [-0.15, -0.1) is 0 Å². The third kappa shape index (κ3) is 3.77. The third-order valence-electron chi connectivity index (χ3n) is 3.92. The molecule has 1 fully saturated rings. The maximum atomic E-state index is 12.7. The first-order valence-electron chi connectivity index (χ1n) is 7.74. The summed E-state index contributed by atoms with van der Waals surface area (Å²) in [5.41, 5.74) is 1.25. The Balaban J connectivity index is 1.92. The molecule has 2 aromatic rings. The second-order valence-corrected chi connectivity index (χ2v) is 7.01. The highest BCUT2D eigenvalue weighted by Crippen LogP contribution is 2.39. The lowest BCUT2D eigenvalue weighted by molar-refractivity contribution is -0.123. The van der Waals surface area contributed by atoms with Gasteiger partial charge in [-0.2, -0.15) is 5.26 Å². The number of phenols is 1. The smallest absolute Gasteiger partial charge is 0.293 e. The van der Waals surface area contributed by atoms with Gasteiger partial charge in [0.2, 0.25) is 0 Å². The number of carbonyl (C=O) groups excluding carboxylic acids is 2. The highest BCUT2D eigenvalue weighted by molar-refractivity contribution is 8.18. The van der Waals surface area contributed by atoms with E-state index in [2.05, 4.69) is 0 Å². The molecule has 1 N–H and O–H groups in total. The number of thioether (sulfide) groups is 1. The molecule has 1 saturated heterocycles. The average Bonchev–Trinajstić information content (AvgIpc) is 2.92. The molecular formula is C19H13ClN2O4S. The number of methoxy groups -OCH3 is 1. The predicted molar refractivity (Wildman–Crippen MR) is 102 cm³/mol. The summed E-state index contributed by atoms with van der Waals surface area (Å²) in [5.74, 6) is -0.518. The number of benzene rings is 2. The Kier molecular flexibility index (Phi) is 5.40. The van der Waals surface area contributed by atoms with Crippen LogP contribution in [0.5, 0.6) is 11.5 Å². The number of hydrogen-bond acceptors (Lipinski definition) is 6. The standard InChI is InChI=1S/C19H13ClN2O4S/c1-26-15-8-14(20)6-13(17(15)23)7-16-18(24)22(19(25)27-16)10-12-5-3-2-4-11(12)9-21/h2-8,23H,10H2,1H3/b16-7+. The van der Waals surface area contributed by atoms with Crippen LogP contribution in [0, 0.1) is 11.3 Å². The molecule has 0 aliphatic carbocycles. The molecule has 8 heteroatoms. The quantitative estimate of drug-likeness (QED) is 0.775. The fourth-order valence-electron chi connectivity index (χ4n) is 2.58. The Labute approximate surface area is 164 Å². The Morgan fingerprint density at radius 1 is 1.33 bits per heavy atom. The van der Waals surface area contributed by atoms with Crippen LogP contribution in [-0.2, 0) is 11.3 Å². The van der Waals surface area contributed by atoms with Crippen LogP contribution in [0.25, 0.3) is 6.08 Å². The number of carbonyl (C=O) groups is 2. The number of nitriles is 1. The number of nitrogens with zero attached hydrogens (tertiary/aromatic N) is 2. The van der Waals surface area contributed by atoms with Gasteiger partial charge in [0.15, 0.2) is 11.5 Å². The van der Waals surface area contributed by atoms with Crippen molar-refractivity contribution >= 4 is 40.6 Å². The predicted octanol–water partition coefficient (Wildman–Crippen LogP) is 4.16. The summed E-state index contributed by atoms with van der Waals surface area (Å²) in [6, 6.07) is 11.7. The summed E-state index contributed by atoms with van der Waals surface area (Å²) >= 11 is 6.76. The van der Waals surface area contributed by atoms with E-state index in [1.165, 1.54) is 25.3 Å². The van der Waals surface area contributed by atoms with Crippen molar-refractivity contribution in [2.45, 2.75) is 6.54 Å². The van der Waals surface area contributed by atoms with E-state index in [0.717, 1.165) is 16.7 Å². The molecule has 0 unspecified atom stereocenters. The number of amides is 2. The fourth-order valence-corrected chi connectivity index (χ4v) is 3.62. The molecule has 0 bridgehead atoms. The number of rotatable bonds is 4. The molecule has 1 aliphatic heterocycles. The molecule has 2 aromatic carbocycles. The van der Waals surface area contributed by atoms with E-state index in [-0.39, 0.29) is 28.5 Å². The molecule has 1 heterocycles. The number of aromatic hydroxyl groups is 1. The van der Waals surface area contributed by atoms with Crippen LogP contribution in [0.1, 0.15) is 16.7 Å². The minimum atomic E-state index is -0.504. The van der Waals surface area contributed by atoms with Gasteiger partial charge < -0.3 is 9.84 Å². The molecule has 0 atom stereocenters. The highest BCUT2D eigenvalue weighted by atomic mass is 35.5. The minimum Gasteiger partial charge on any atom is -0.504 e. The van der Waals surface area contributed by atoms with E-state index in [0.29, 0.717) is 16.1 Å². The summed E-state index contributed by atoms with van der Waals surface area (Å²) < 4.78 is 5.04. The SMILES string of the molecule is COc1cc(Cl)cc(/C=C2/SC(=O)N(Cc3ccccc3C#N)C2=O)c1O. The van der Waals surface area contributed by atoms with Crippen LogP contribution >= 0.6 is 23.4 Å². The van der Waals surface area contributed by atoms with Crippen LogP contribution in [0.15, 0.2) is 41.3 Å². The Morgan fingerprint density at radius 3 is 2.78 bits per heavy atom. The Hall–Kier alpha value is -2.95. The van der Waals surface area contributed by atoms with E-state index in [1.807, 2.05) is 6.07 Å². The number of hydrogen-bond donors (Lipinski definition) is 1. The van der Waals surface area contributed by atoms with Gasteiger partial charge in [0.05, 0.1) is 30.2 Å². The van der Waals surface area contributed by atoms with Gasteiger partial charge in [0, 0.05) is 16.7 Å². The van der Waals surface area contributed by atoms with E-state index >= 15 is 0 Å². The number of halogens is 1. The molecular weight excluding hydrogens is 388 g/mol. The lowest BCUT2D eigenvalue weighted by Gasteiger charge is -2.13. The largest absolute Gasteiger partial charge is 0.504 e. The van der Waals surface area contributed by atoms with Crippen molar-refractivity contribution in [3.63, 3.8) is 0 Å². The first-order chi connectivity index (χ1) is 12.9. The van der Waals surface area contributed by atoms with E-state index in [4.69, 9.17) is 21.6 Å². The van der Waals surface area contributed by atoms with Gasteiger partial charge in [0.25, 0.3) is 11.1 Å². The first kappa shape index (κ1) is 18.8. The van der Waals surface area contributed by atoms with Crippen molar-refractivity contribution in [2.75, 3.05) is 7.11 Å². The molecule has 1 aliphatic rings. The zero-order valence-corrected chi connectivity index (χ0v) is 15.7. The molecule has 0 spiro atoms. The molecule has 0 aromatic heterocycles. The van der Waals surface area contributed by atoms with E-state index < -0.39 is 11.1 Å². The minimum absolute atomic E-state index is 0.00338. The summed E-state index contributed by atoms with van der Waals surface area (Å²) in [7, 11) is 1.38. The second-order valence-electron chi connectivity index (χ2n) is 5.58. The van der Waals surface area contributed by atoms with Crippen molar-refractivity contribution in [1.29, 1.82) is 5.26 Å². The maximum Gasteiger partial charge on any atom is 0.293 e. The van der Waals surface area contributed by atoms with Gasteiger partial charge >= 0.3 is 0 Å². The number of phenolic OH excluding ortho intramolecular Hbond substituents is 1. The number of ether oxygens (including phenoxy) is 1. The maximum absolute atomic E-state index is 12.7. The monoisotopic (exact) mass is 400 g/mol. The van der Waals surface area contributed by atoms with Crippen LogP contribution in [-0.4, -0.2) is 28.3 Å². The second kappa shape index (κ2) is 7.74. The fraction of sp³-hybridized carbons (Fsp3) is 0.105. The van der Waals surface area contributed by atoms with Crippen LogP contribution in [0.4, 0.5) is 4.79 Å². The topological polar surface area (TPSA) is 90.6 Å². The van der Waals surface area contributed by atoms with Crippen LogP contribution < -0.4 is 4.74 Å². The Bertz CT molecular complexity index is 1010. The summed E-state index contributed by atoms with van der Waals surface area (Å²) in [6.45, 7) is -0.00338. The van der Waals surface area contributed by atoms with Gasteiger partial charge in [-0.1, -0.05) is 29.8 Å². The van der Waals surface area contributed by atoms with Gasteiger partial charge in [0.1, 0.15) is 0 Å². The zero-order chi connectivity index (χ0) is 19.6. The third-order valence-corrected chi connectivity index (χ3v) is 5.04. The Morgan fingerprint density at radius 2 is 2.07 bits per heavy atom. The zero-order valence-electron chi connectivity index (χ0n) is 14.1. The average molecular weight is 401 g/mol. The van der Waals surface area contributed by atoms with Crippen LogP contribution in [0.2, 0.25) is 5.02 Å². The molecule has 0 radical (unpaired) electrons. The van der Waals surface area contributed by atoms with Crippen molar-refractivity contribution in [2.24, 2.45) is 0 Å². The normalized spacial score (nSPS) is 15.3. The molecule has 3 rings (SSSR count). The van der Waals surface area contributed by atoms with Gasteiger partial charge in [-0.25, -0.2) is 0 Å². The van der Waals surface area contributed by atoms with E-state index in [1.54, 1.807) is 24.3 Å². The van der Waals surface area contributed by atoms with Gasteiger partial charge in [-0.3, -0.25) is 14.5 Å². The first-order valence-corrected chi connectivity index (χ1v) is 8.94. The summed E-state index contributed by atoms with van der Waals surface area (Å²) in [4.78, 5) is 26.2.